The molecule has 0 aliphatic carbocycles. The quantitative estimate of drug-likeness (QED) is 0.0629. The fourth-order valence-corrected chi connectivity index (χ4v) is 5.49. The van der Waals surface area contributed by atoms with Gasteiger partial charge in [-0.3, -0.25) is 4.55 Å². The van der Waals surface area contributed by atoms with Gasteiger partial charge in [0.05, 0.1) is 22.1 Å². The minimum Gasteiger partial charge on any atom is -0.489 e. The lowest BCUT2D eigenvalue weighted by Gasteiger charge is -2.10. The van der Waals surface area contributed by atoms with E-state index in [9.17, 15) is 18.3 Å². The van der Waals surface area contributed by atoms with Crippen molar-refractivity contribution in [3.8, 4) is 5.75 Å². The largest absolute Gasteiger partial charge is 0.489 e. The number of benzene rings is 4. The summed E-state index contributed by atoms with van der Waals surface area (Å²) in [5, 5.41) is 11.3. The van der Waals surface area contributed by atoms with Crippen molar-refractivity contribution < 1.29 is 32.2 Å². The second kappa shape index (κ2) is 12.3. The number of carbonyl (C=O) groups is 1. The lowest BCUT2D eigenvalue weighted by atomic mass is 10.00. The van der Waals surface area contributed by atoms with Gasteiger partial charge < -0.3 is 9.84 Å². The van der Waals surface area contributed by atoms with Crippen molar-refractivity contribution in [2.24, 2.45) is 0 Å². The van der Waals surface area contributed by atoms with E-state index < -0.39 is 16.1 Å². The van der Waals surface area contributed by atoms with E-state index in [1.165, 1.54) is 0 Å². The Kier molecular flexibility index (Phi) is 8.42. The Morgan fingerprint density at radius 1 is 0.780 bits per heavy atom. The summed E-state index contributed by atoms with van der Waals surface area (Å²) >= 11 is 0. The van der Waals surface area contributed by atoms with Crippen molar-refractivity contribution in [3.05, 3.63) is 119 Å². The molecule has 0 unspecified atom stereocenters. The number of hydrogen-bond donors (Lipinski definition) is 2. The number of rotatable bonds is 11. The molecule has 0 radical (unpaired) electrons. The third-order valence-corrected chi connectivity index (χ3v) is 7.70. The van der Waals surface area contributed by atoms with Gasteiger partial charge in [0.15, 0.2) is 0 Å². The van der Waals surface area contributed by atoms with E-state index in [0.717, 1.165) is 33.5 Å². The lowest BCUT2D eigenvalue weighted by Crippen LogP contribution is -2.36. The van der Waals surface area contributed by atoms with Gasteiger partial charge in [-0.05, 0) is 47.4 Å². The predicted octanol–water partition coefficient (Wildman–Crippen LogP) is 6.40. The first-order chi connectivity index (χ1) is 19.8. The average Bonchev–Trinajstić information content (AvgIpc) is 2.97. The van der Waals surface area contributed by atoms with Crippen LogP contribution in [0.2, 0.25) is 0 Å². The van der Waals surface area contributed by atoms with Crippen LogP contribution in [0.15, 0.2) is 97.1 Å². The molecule has 4 aromatic carbocycles. The zero-order valence-electron chi connectivity index (χ0n) is 22.3. The molecule has 208 valence electrons. The molecule has 5 aromatic rings. The van der Waals surface area contributed by atoms with Crippen LogP contribution in [0.5, 0.6) is 5.75 Å². The van der Waals surface area contributed by atoms with Crippen LogP contribution in [-0.2, 0) is 23.3 Å². The van der Waals surface area contributed by atoms with E-state index in [0.29, 0.717) is 30.3 Å². The first-order valence-corrected chi connectivity index (χ1v) is 14.9. The number of ether oxygens (including phenoxy) is 1. The number of unbranched alkanes of at least 4 members (excludes halogenated alkanes) is 1. The second-order valence-corrected chi connectivity index (χ2v) is 11.4. The van der Waals surface area contributed by atoms with E-state index in [1.54, 1.807) is 12.1 Å². The SMILES string of the molecule is O=C(O)c1c2ccccc2[n+](CCCCS(=O)(=O)O)c2cc(C=Cc3ccc(OCc4ccccc4)cc3)ccc12. The Hall–Kier alpha value is -4.53. The van der Waals surface area contributed by atoms with Crippen molar-refractivity contribution in [3.63, 3.8) is 0 Å². The van der Waals surface area contributed by atoms with Gasteiger partial charge in [-0.1, -0.05) is 72.8 Å². The molecule has 41 heavy (non-hydrogen) atoms. The summed E-state index contributed by atoms with van der Waals surface area (Å²) in [5.41, 5.74) is 4.69. The van der Waals surface area contributed by atoms with Crippen LogP contribution in [0.1, 0.15) is 39.9 Å². The molecule has 0 aliphatic rings. The molecule has 0 saturated carbocycles. The molecule has 7 nitrogen and oxygen atoms in total. The molecule has 0 fully saturated rings. The Balaban J connectivity index is 1.43. The molecular formula is C33H30NO6S+. The van der Waals surface area contributed by atoms with Crippen LogP contribution < -0.4 is 9.30 Å². The Morgan fingerprint density at radius 2 is 1.44 bits per heavy atom. The molecule has 0 spiro atoms. The van der Waals surface area contributed by atoms with E-state index in [2.05, 4.69) is 0 Å². The molecule has 0 bridgehead atoms. The maximum atomic E-state index is 12.3. The zero-order valence-corrected chi connectivity index (χ0v) is 23.1. The monoisotopic (exact) mass is 568 g/mol. The fraction of sp³-hybridized carbons (Fsp3) is 0.152. The summed E-state index contributed by atoms with van der Waals surface area (Å²) in [4.78, 5) is 12.3. The van der Waals surface area contributed by atoms with E-state index >= 15 is 0 Å². The maximum absolute atomic E-state index is 12.3. The van der Waals surface area contributed by atoms with Crippen LogP contribution in [0.3, 0.4) is 0 Å². The Morgan fingerprint density at radius 3 is 2.17 bits per heavy atom. The van der Waals surface area contributed by atoms with Crippen LogP contribution in [0.25, 0.3) is 34.0 Å². The maximum Gasteiger partial charge on any atom is 0.337 e. The summed E-state index contributed by atoms with van der Waals surface area (Å²) in [7, 11) is -4.04. The van der Waals surface area contributed by atoms with Crippen molar-refractivity contribution in [2.75, 3.05) is 5.75 Å². The molecule has 1 heterocycles. The first kappa shape index (κ1) is 28.0. The number of aromatic nitrogens is 1. The van der Waals surface area contributed by atoms with Gasteiger partial charge in [0.25, 0.3) is 10.1 Å². The molecular weight excluding hydrogens is 538 g/mol. The van der Waals surface area contributed by atoms with Gasteiger partial charge >= 0.3 is 5.97 Å². The van der Waals surface area contributed by atoms with Crippen LogP contribution in [0, 0.1) is 0 Å². The Bertz CT molecular complexity index is 1830. The third kappa shape index (κ3) is 6.98. The number of carboxylic acids is 1. The molecule has 0 aliphatic heterocycles. The molecule has 2 N–H and O–H groups in total. The van der Waals surface area contributed by atoms with Crippen molar-refractivity contribution in [1.29, 1.82) is 0 Å². The molecule has 0 atom stereocenters. The number of aromatic carboxylic acids is 1. The van der Waals surface area contributed by atoms with Crippen LogP contribution in [-0.4, -0.2) is 29.8 Å². The van der Waals surface area contributed by atoms with E-state index in [1.807, 2.05) is 102 Å². The molecule has 0 amide bonds. The summed E-state index contributed by atoms with van der Waals surface area (Å²) < 4.78 is 39.4. The van der Waals surface area contributed by atoms with Gasteiger partial charge in [0.2, 0.25) is 11.0 Å². The smallest absolute Gasteiger partial charge is 0.337 e. The highest BCUT2D eigenvalue weighted by Crippen LogP contribution is 2.27. The van der Waals surface area contributed by atoms with Gasteiger partial charge in [-0.25, -0.2) is 4.79 Å². The number of carboxylic acid groups (broad SMARTS) is 1. The second-order valence-electron chi connectivity index (χ2n) is 9.80. The number of para-hydroxylation sites is 1. The number of aryl methyl sites for hydroxylation is 1. The highest BCUT2D eigenvalue weighted by atomic mass is 32.2. The molecule has 1 aromatic heterocycles. The highest BCUT2D eigenvalue weighted by molar-refractivity contribution is 7.85. The highest BCUT2D eigenvalue weighted by Gasteiger charge is 2.24. The average molecular weight is 569 g/mol. The van der Waals surface area contributed by atoms with Crippen LogP contribution >= 0.6 is 0 Å². The van der Waals surface area contributed by atoms with Crippen molar-refractivity contribution in [2.45, 2.75) is 26.0 Å². The number of pyridine rings is 1. The van der Waals surface area contributed by atoms with Crippen molar-refractivity contribution in [1.82, 2.24) is 0 Å². The summed E-state index contributed by atoms with van der Waals surface area (Å²) in [6.07, 6.45) is 4.73. The van der Waals surface area contributed by atoms with Gasteiger partial charge in [0, 0.05) is 18.6 Å². The standard InChI is InChI=1S/C33H29NO6S/c35-33(36)32-28-10-4-5-11-30(28)34(20-6-7-21-41(37,38)39)31-22-25(16-19-29(31)32)13-12-24-14-17-27(18-15-24)40-23-26-8-2-1-3-9-26/h1-5,8-19,22H,6-7,20-21,23H2,(H-,35,36,37,38,39)/p+1. The summed E-state index contributed by atoms with van der Waals surface area (Å²) in [5.74, 6) is -0.553. The van der Waals surface area contributed by atoms with Gasteiger partial charge in [-0.2, -0.15) is 13.0 Å². The fourth-order valence-electron chi connectivity index (χ4n) is 4.92. The van der Waals surface area contributed by atoms with Gasteiger partial charge in [-0.15, -0.1) is 0 Å². The number of nitrogens with zero attached hydrogens (tertiary/aromatic N) is 1. The first-order valence-electron chi connectivity index (χ1n) is 13.3. The van der Waals surface area contributed by atoms with Crippen molar-refractivity contribution >= 4 is 50.0 Å². The van der Waals surface area contributed by atoms with Crippen LogP contribution in [0.4, 0.5) is 0 Å². The van der Waals surface area contributed by atoms with Gasteiger partial charge in [0.1, 0.15) is 18.9 Å². The minimum absolute atomic E-state index is 0.228. The van der Waals surface area contributed by atoms with E-state index in [4.69, 9.17) is 9.29 Å². The third-order valence-electron chi connectivity index (χ3n) is 6.89. The summed E-state index contributed by atoms with van der Waals surface area (Å²) in [6, 6.07) is 30.7. The molecule has 8 heteroatoms. The Labute approximate surface area is 238 Å². The predicted molar refractivity (Wildman–Crippen MR) is 160 cm³/mol. The molecule has 0 saturated heterocycles. The molecule has 5 rings (SSSR count). The minimum atomic E-state index is -4.04. The summed E-state index contributed by atoms with van der Waals surface area (Å²) in [6.45, 7) is 0.958. The van der Waals surface area contributed by atoms with E-state index in [-0.39, 0.29) is 17.7 Å². The zero-order chi connectivity index (χ0) is 28.8. The topological polar surface area (TPSA) is 105 Å². The number of fused-ring (bicyclic) bond motifs is 2. The normalized spacial score (nSPS) is 11.8. The number of hydrogen-bond acceptors (Lipinski definition) is 4. The lowest BCUT2D eigenvalue weighted by molar-refractivity contribution is -0.645.